The summed E-state index contributed by atoms with van der Waals surface area (Å²) in [4.78, 5) is 12.3. The molecule has 0 unspecified atom stereocenters. The van der Waals surface area contributed by atoms with Gasteiger partial charge in [0, 0.05) is 6.07 Å². The molecule has 6 heteroatoms. The molecule has 2 aromatic rings. The molecule has 4 nitrogen and oxygen atoms in total. The maximum Gasteiger partial charge on any atom is 0.231 e. The summed E-state index contributed by atoms with van der Waals surface area (Å²) in [5, 5.41) is 9.36. The third kappa shape index (κ3) is 3.16. The molecule has 0 saturated carbocycles. The highest BCUT2D eigenvalue weighted by atomic mass is 35.5. The molecule has 2 aromatic carbocycles. The molecule has 0 bridgehead atoms. The van der Waals surface area contributed by atoms with Crippen LogP contribution in [0.4, 0.5) is 0 Å². The Morgan fingerprint density at radius 1 is 1.17 bits per heavy atom. The van der Waals surface area contributed by atoms with Gasteiger partial charge in [-0.05, 0) is 35.9 Å². The van der Waals surface area contributed by atoms with Crippen molar-refractivity contribution in [2.75, 3.05) is 6.61 Å². The first-order chi connectivity index (χ1) is 11.1. The highest BCUT2D eigenvalue weighted by Crippen LogP contribution is 2.35. The number of allylic oxidation sites excluding steroid dienone is 1. The Bertz CT molecular complexity index is 869. The van der Waals surface area contributed by atoms with Gasteiger partial charge in [0.05, 0.1) is 15.6 Å². The highest BCUT2D eigenvalue weighted by molar-refractivity contribution is 6.42. The van der Waals surface area contributed by atoms with Crippen LogP contribution in [0, 0.1) is 11.3 Å². The number of nitriles is 1. The van der Waals surface area contributed by atoms with E-state index in [4.69, 9.17) is 37.9 Å². The number of hydrogen-bond donors (Lipinski definition) is 0. The van der Waals surface area contributed by atoms with Crippen LogP contribution < -0.4 is 9.47 Å². The average Bonchev–Trinajstić information content (AvgIpc) is 2.84. The Hall–Kier alpha value is -2.48. The molecule has 114 valence electrons. The lowest BCUT2D eigenvalue weighted by Crippen LogP contribution is -1.98. The normalized spacial score (nSPS) is 14.3. The fraction of sp³-hybridized carbons (Fsp3) is 0.0588. The van der Waals surface area contributed by atoms with Crippen LogP contribution in [-0.2, 0) is 0 Å². The molecule has 1 aliphatic heterocycles. The zero-order valence-electron chi connectivity index (χ0n) is 11.7. The SMILES string of the molecule is N#CCOc1ccc2c(c1)OC(=Cc1ccc(Cl)c(Cl)c1)C2=O. The molecular formula is C17H9Cl2NO3. The predicted molar refractivity (Wildman–Crippen MR) is 86.9 cm³/mol. The standard InChI is InChI=1S/C17H9Cl2NO3/c18-13-4-1-10(7-14(13)19)8-16-17(21)12-3-2-11(22-6-5-20)9-15(12)23-16/h1-4,7-9H,6H2. The van der Waals surface area contributed by atoms with Crippen molar-refractivity contribution in [3.05, 3.63) is 63.3 Å². The minimum Gasteiger partial charge on any atom is -0.479 e. The summed E-state index contributed by atoms with van der Waals surface area (Å²) >= 11 is 11.8. The topological polar surface area (TPSA) is 59.3 Å². The summed E-state index contributed by atoms with van der Waals surface area (Å²) in [6.45, 7) is -0.0707. The van der Waals surface area contributed by atoms with Crippen molar-refractivity contribution in [3.8, 4) is 17.6 Å². The minimum atomic E-state index is -0.224. The average molecular weight is 346 g/mol. The lowest BCUT2D eigenvalue weighted by atomic mass is 10.1. The summed E-state index contributed by atoms with van der Waals surface area (Å²) in [6.07, 6.45) is 1.60. The Morgan fingerprint density at radius 3 is 2.74 bits per heavy atom. The molecule has 0 N–H and O–H groups in total. The van der Waals surface area contributed by atoms with Gasteiger partial charge in [-0.3, -0.25) is 4.79 Å². The van der Waals surface area contributed by atoms with Crippen molar-refractivity contribution in [2.45, 2.75) is 0 Å². The van der Waals surface area contributed by atoms with Crippen molar-refractivity contribution in [3.63, 3.8) is 0 Å². The van der Waals surface area contributed by atoms with E-state index < -0.39 is 0 Å². The second-order valence-electron chi connectivity index (χ2n) is 4.72. The van der Waals surface area contributed by atoms with E-state index in [2.05, 4.69) is 0 Å². The molecule has 0 amide bonds. The molecular weight excluding hydrogens is 337 g/mol. The van der Waals surface area contributed by atoms with Crippen molar-refractivity contribution in [1.29, 1.82) is 5.26 Å². The van der Waals surface area contributed by atoms with Crippen molar-refractivity contribution in [2.24, 2.45) is 0 Å². The van der Waals surface area contributed by atoms with Gasteiger partial charge < -0.3 is 9.47 Å². The molecule has 1 heterocycles. The van der Waals surface area contributed by atoms with Gasteiger partial charge in [-0.1, -0.05) is 29.3 Å². The number of halogens is 2. The van der Waals surface area contributed by atoms with E-state index in [9.17, 15) is 4.79 Å². The number of carbonyl (C=O) groups excluding carboxylic acids is 1. The van der Waals surface area contributed by atoms with Crippen LogP contribution in [0.5, 0.6) is 11.5 Å². The molecule has 3 rings (SSSR count). The molecule has 0 atom stereocenters. The molecule has 23 heavy (non-hydrogen) atoms. The summed E-state index contributed by atoms with van der Waals surface area (Å²) in [5.74, 6) is 0.833. The molecule has 0 radical (unpaired) electrons. The molecule has 0 aromatic heterocycles. The Labute approximate surface area is 142 Å². The smallest absolute Gasteiger partial charge is 0.231 e. The Balaban J connectivity index is 1.89. The third-order valence-corrected chi connectivity index (χ3v) is 3.93. The number of nitrogens with zero attached hydrogens (tertiary/aromatic N) is 1. The number of Topliss-reactive ketones (excluding diaryl/α,β-unsaturated/α-hetero) is 1. The van der Waals surface area contributed by atoms with Gasteiger partial charge in [0.2, 0.25) is 5.78 Å². The van der Waals surface area contributed by atoms with Crippen LogP contribution in [0.25, 0.3) is 6.08 Å². The van der Waals surface area contributed by atoms with Gasteiger partial charge in [-0.2, -0.15) is 5.26 Å². The van der Waals surface area contributed by atoms with Crippen LogP contribution in [0.2, 0.25) is 10.0 Å². The van der Waals surface area contributed by atoms with E-state index in [1.165, 1.54) is 0 Å². The maximum atomic E-state index is 12.3. The van der Waals surface area contributed by atoms with E-state index in [-0.39, 0.29) is 18.1 Å². The van der Waals surface area contributed by atoms with E-state index >= 15 is 0 Å². The number of ketones is 1. The zero-order valence-corrected chi connectivity index (χ0v) is 13.2. The molecule has 1 aliphatic rings. The van der Waals surface area contributed by atoms with Gasteiger partial charge in [0.1, 0.15) is 17.6 Å². The minimum absolute atomic E-state index is 0.0707. The predicted octanol–water partition coefficient (Wildman–Crippen LogP) is 4.51. The Morgan fingerprint density at radius 2 is 2.00 bits per heavy atom. The summed E-state index contributed by atoms with van der Waals surface area (Å²) in [7, 11) is 0. The fourth-order valence-corrected chi connectivity index (χ4v) is 2.43. The van der Waals surface area contributed by atoms with Gasteiger partial charge in [-0.15, -0.1) is 0 Å². The van der Waals surface area contributed by atoms with Gasteiger partial charge in [-0.25, -0.2) is 0 Å². The van der Waals surface area contributed by atoms with Crippen molar-refractivity contribution < 1.29 is 14.3 Å². The van der Waals surface area contributed by atoms with E-state index in [1.807, 2.05) is 6.07 Å². The molecule has 0 spiro atoms. The van der Waals surface area contributed by atoms with Crippen LogP contribution in [0.1, 0.15) is 15.9 Å². The maximum absolute atomic E-state index is 12.3. The molecule has 0 saturated heterocycles. The number of ether oxygens (including phenoxy) is 2. The van der Waals surface area contributed by atoms with E-state index in [0.29, 0.717) is 32.7 Å². The van der Waals surface area contributed by atoms with Gasteiger partial charge in [0.15, 0.2) is 12.4 Å². The number of hydrogen-bond acceptors (Lipinski definition) is 4. The van der Waals surface area contributed by atoms with Gasteiger partial charge in [0.25, 0.3) is 0 Å². The second kappa shape index (κ2) is 6.33. The summed E-state index contributed by atoms with van der Waals surface area (Å²) < 4.78 is 10.8. The van der Waals surface area contributed by atoms with Gasteiger partial charge >= 0.3 is 0 Å². The second-order valence-corrected chi connectivity index (χ2v) is 5.53. The summed E-state index contributed by atoms with van der Waals surface area (Å²) in [5.41, 5.74) is 1.15. The zero-order chi connectivity index (χ0) is 16.4. The quantitative estimate of drug-likeness (QED) is 0.767. The third-order valence-electron chi connectivity index (χ3n) is 3.19. The summed E-state index contributed by atoms with van der Waals surface area (Å²) in [6, 6.07) is 11.7. The highest BCUT2D eigenvalue weighted by Gasteiger charge is 2.27. The van der Waals surface area contributed by atoms with Crippen LogP contribution >= 0.6 is 23.2 Å². The lowest BCUT2D eigenvalue weighted by molar-refractivity contribution is 0.101. The van der Waals surface area contributed by atoms with E-state index in [1.54, 1.807) is 42.5 Å². The van der Waals surface area contributed by atoms with Crippen molar-refractivity contribution in [1.82, 2.24) is 0 Å². The number of benzene rings is 2. The molecule has 0 fully saturated rings. The lowest BCUT2D eigenvalue weighted by Gasteiger charge is -2.03. The largest absolute Gasteiger partial charge is 0.479 e. The number of rotatable bonds is 3. The van der Waals surface area contributed by atoms with Crippen LogP contribution in [-0.4, -0.2) is 12.4 Å². The van der Waals surface area contributed by atoms with Crippen LogP contribution in [0.15, 0.2) is 42.2 Å². The number of carbonyl (C=O) groups is 1. The van der Waals surface area contributed by atoms with Crippen molar-refractivity contribution >= 4 is 35.1 Å². The number of fused-ring (bicyclic) bond motifs is 1. The first-order valence-corrected chi connectivity index (χ1v) is 7.37. The molecule has 0 aliphatic carbocycles. The Kier molecular flexibility index (Phi) is 4.24. The van der Waals surface area contributed by atoms with E-state index in [0.717, 1.165) is 0 Å². The fourth-order valence-electron chi connectivity index (χ4n) is 2.13. The first-order valence-electron chi connectivity index (χ1n) is 6.61. The monoisotopic (exact) mass is 345 g/mol. The van der Waals surface area contributed by atoms with Crippen LogP contribution in [0.3, 0.4) is 0 Å². The first kappa shape index (κ1) is 15.4.